The van der Waals surface area contributed by atoms with Gasteiger partial charge in [-0.2, -0.15) is 5.26 Å². The van der Waals surface area contributed by atoms with E-state index in [1.807, 2.05) is 12.3 Å². The zero-order valence-corrected chi connectivity index (χ0v) is 15.5. The number of fused-ring (bicyclic) bond motifs is 3. The normalized spacial score (nSPS) is 22.6. The number of nitrogens with one attached hydrogen (secondary N) is 1. The number of hydrogen-bond donors (Lipinski definition) is 2. The van der Waals surface area contributed by atoms with Crippen LogP contribution in [0.5, 0.6) is 0 Å². The Kier molecular flexibility index (Phi) is 3.74. The highest BCUT2D eigenvalue weighted by atomic mass is 16.3. The highest BCUT2D eigenvalue weighted by molar-refractivity contribution is 6.01. The van der Waals surface area contributed by atoms with E-state index < -0.39 is 6.10 Å². The Morgan fingerprint density at radius 1 is 1.48 bits per heavy atom. The van der Waals surface area contributed by atoms with E-state index in [9.17, 15) is 5.11 Å². The number of unbranched alkanes of at least 4 members (excludes halogenated alkanes) is 1. The van der Waals surface area contributed by atoms with Gasteiger partial charge in [0, 0.05) is 36.5 Å². The number of aromatic nitrogens is 4. The molecule has 27 heavy (non-hydrogen) atoms. The minimum absolute atomic E-state index is 0.274. The van der Waals surface area contributed by atoms with Crippen molar-refractivity contribution >= 4 is 22.1 Å². The number of likely N-dealkylation sites (tertiary alicyclic amines) is 1. The fourth-order valence-corrected chi connectivity index (χ4v) is 4.83. The second kappa shape index (κ2) is 6.04. The topological polar surface area (TPSA) is 93.8 Å². The number of rotatable bonds is 5. The molecule has 1 saturated heterocycles. The van der Waals surface area contributed by atoms with Crippen LogP contribution < -0.4 is 0 Å². The first-order valence-electron chi connectivity index (χ1n) is 9.74. The average molecular weight is 364 g/mol. The van der Waals surface area contributed by atoms with Crippen molar-refractivity contribution < 1.29 is 5.11 Å². The van der Waals surface area contributed by atoms with Gasteiger partial charge < -0.3 is 19.6 Å². The summed E-state index contributed by atoms with van der Waals surface area (Å²) in [6, 6.07) is 4.60. The van der Waals surface area contributed by atoms with Gasteiger partial charge in [0.15, 0.2) is 0 Å². The van der Waals surface area contributed by atoms with Crippen molar-refractivity contribution in [1.82, 2.24) is 24.4 Å². The third-order valence-corrected chi connectivity index (χ3v) is 6.28. The van der Waals surface area contributed by atoms with Gasteiger partial charge >= 0.3 is 0 Å². The quantitative estimate of drug-likeness (QED) is 0.679. The minimum atomic E-state index is -0.630. The molecule has 4 heterocycles. The van der Waals surface area contributed by atoms with Crippen LogP contribution >= 0.6 is 0 Å². The Labute approximate surface area is 157 Å². The zero-order chi connectivity index (χ0) is 18.6. The van der Waals surface area contributed by atoms with Crippen molar-refractivity contribution in [2.45, 2.75) is 44.8 Å². The third-order valence-electron chi connectivity index (χ3n) is 6.28. The Balaban J connectivity index is 1.62. The van der Waals surface area contributed by atoms with Crippen molar-refractivity contribution in [3.63, 3.8) is 0 Å². The summed E-state index contributed by atoms with van der Waals surface area (Å²) in [7, 11) is 0. The van der Waals surface area contributed by atoms with Crippen molar-refractivity contribution in [3.8, 4) is 6.07 Å². The molecule has 1 saturated carbocycles. The van der Waals surface area contributed by atoms with Crippen molar-refractivity contribution in [2.75, 3.05) is 19.6 Å². The van der Waals surface area contributed by atoms with Crippen LogP contribution in [0.1, 0.15) is 50.6 Å². The number of nitrogens with zero attached hydrogens (tertiary/aromatic N) is 5. The molecule has 1 aliphatic carbocycles. The maximum absolute atomic E-state index is 10.5. The second-order valence-corrected chi connectivity index (χ2v) is 8.12. The molecule has 1 unspecified atom stereocenters. The van der Waals surface area contributed by atoms with Gasteiger partial charge in [0.25, 0.3) is 0 Å². The van der Waals surface area contributed by atoms with Crippen molar-refractivity contribution in [1.29, 1.82) is 5.26 Å². The predicted molar refractivity (Wildman–Crippen MR) is 102 cm³/mol. The van der Waals surface area contributed by atoms with E-state index in [4.69, 9.17) is 10.2 Å². The molecule has 0 bridgehead atoms. The molecule has 7 heteroatoms. The number of pyridine rings is 1. The smallest absolute Gasteiger partial charge is 0.139 e. The first-order valence-corrected chi connectivity index (χ1v) is 9.74. The molecular formula is C20H24N6O. The zero-order valence-electron chi connectivity index (χ0n) is 15.5. The van der Waals surface area contributed by atoms with Gasteiger partial charge in [-0.05, 0) is 38.8 Å². The lowest BCUT2D eigenvalue weighted by molar-refractivity contribution is 0.178. The van der Waals surface area contributed by atoms with Crippen LogP contribution in [-0.2, 0) is 0 Å². The minimum Gasteiger partial charge on any atom is -0.385 e. The van der Waals surface area contributed by atoms with Crippen LogP contribution in [0.2, 0.25) is 0 Å². The molecule has 2 fully saturated rings. The summed E-state index contributed by atoms with van der Waals surface area (Å²) in [5.41, 5.74) is 3.05. The van der Waals surface area contributed by atoms with Gasteiger partial charge in [-0.25, -0.2) is 9.97 Å². The number of aromatic amines is 1. The first kappa shape index (κ1) is 16.7. The van der Waals surface area contributed by atoms with E-state index in [1.165, 1.54) is 12.8 Å². The molecule has 2 aliphatic rings. The molecule has 2 atom stereocenters. The van der Waals surface area contributed by atoms with Crippen molar-refractivity contribution in [3.05, 3.63) is 24.3 Å². The van der Waals surface area contributed by atoms with Crippen LogP contribution in [-0.4, -0.2) is 49.2 Å². The third kappa shape index (κ3) is 2.55. The summed E-state index contributed by atoms with van der Waals surface area (Å²) in [4.78, 5) is 14.9. The Bertz CT molecular complexity index is 1040. The van der Waals surface area contributed by atoms with E-state index in [0.717, 1.165) is 53.9 Å². The second-order valence-electron chi connectivity index (χ2n) is 8.12. The number of aliphatic hydroxyl groups excluding tert-OH is 1. The molecule has 5 rings (SSSR count). The van der Waals surface area contributed by atoms with E-state index in [0.29, 0.717) is 12.5 Å². The highest BCUT2D eigenvalue weighted by Gasteiger charge is 2.56. The van der Waals surface area contributed by atoms with Gasteiger partial charge in [0.05, 0.1) is 23.8 Å². The van der Waals surface area contributed by atoms with Gasteiger partial charge in [-0.3, -0.25) is 0 Å². The predicted octanol–water partition coefficient (Wildman–Crippen LogP) is 2.91. The molecule has 2 N–H and O–H groups in total. The highest BCUT2D eigenvalue weighted by Crippen LogP contribution is 2.59. The first-order chi connectivity index (χ1) is 13.1. The van der Waals surface area contributed by atoms with E-state index in [1.54, 1.807) is 13.1 Å². The van der Waals surface area contributed by atoms with Crippen LogP contribution in [0.25, 0.3) is 22.1 Å². The Morgan fingerprint density at radius 3 is 3.07 bits per heavy atom. The molecule has 140 valence electrons. The molecule has 3 aromatic heterocycles. The number of imidazole rings is 1. The van der Waals surface area contributed by atoms with Gasteiger partial charge in [-0.15, -0.1) is 0 Å². The Hall–Kier alpha value is -2.43. The fourth-order valence-electron chi connectivity index (χ4n) is 4.83. The Morgan fingerprint density at radius 2 is 2.33 bits per heavy atom. The number of H-pyrrole nitrogens is 1. The van der Waals surface area contributed by atoms with E-state index in [2.05, 4.69) is 25.5 Å². The van der Waals surface area contributed by atoms with Crippen LogP contribution in [0.4, 0.5) is 0 Å². The summed E-state index contributed by atoms with van der Waals surface area (Å²) in [5.74, 6) is 0.732. The average Bonchev–Trinajstić information content (AvgIpc) is 2.99. The number of aliphatic hydroxyl groups is 1. The molecule has 3 aromatic rings. The van der Waals surface area contributed by atoms with Crippen LogP contribution in [0.3, 0.4) is 0 Å². The molecule has 0 aromatic carbocycles. The molecular weight excluding hydrogens is 340 g/mol. The summed E-state index contributed by atoms with van der Waals surface area (Å²) >= 11 is 0. The fraction of sp³-hybridized carbons (Fsp3) is 0.550. The molecule has 7 nitrogen and oxygen atoms in total. The molecule has 1 aliphatic heterocycles. The standard InChI is InChI=1S/C20H24N6O/c1-13(27)19-24-15-10-23-18-14(4-8-22-18)17(15)26(19)16-11-25(9-3-2-7-21)12-20(16)5-6-20/h4,8,10,13,16,27H,2-3,5-6,9,11-12H2,1H3,(H,22,23)/t13-,16?/m1/s1. The largest absolute Gasteiger partial charge is 0.385 e. The van der Waals surface area contributed by atoms with Gasteiger partial charge in [0.2, 0.25) is 0 Å². The number of hydrogen-bond acceptors (Lipinski definition) is 5. The maximum Gasteiger partial charge on any atom is 0.139 e. The van der Waals surface area contributed by atoms with Crippen LogP contribution in [0.15, 0.2) is 18.5 Å². The van der Waals surface area contributed by atoms with Gasteiger partial charge in [0.1, 0.15) is 23.1 Å². The SMILES string of the molecule is C[C@@H](O)c1nc2cnc3[nH]ccc3c2n1C1CN(CCCC#N)CC12CC2. The van der Waals surface area contributed by atoms with Crippen molar-refractivity contribution in [2.24, 2.45) is 5.41 Å². The van der Waals surface area contributed by atoms with Gasteiger partial charge in [-0.1, -0.05) is 0 Å². The molecule has 0 radical (unpaired) electrons. The molecule has 1 spiro atoms. The lowest BCUT2D eigenvalue weighted by atomic mass is 10.00. The lowest BCUT2D eigenvalue weighted by Crippen LogP contribution is -2.23. The summed E-state index contributed by atoms with van der Waals surface area (Å²) < 4.78 is 2.30. The summed E-state index contributed by atoms with van der Waals surface area (Å²) in [6.07, 6.45) is 7.03. The summed E-state index contributed by atoms with van der Waals surface area (Å²) in [5, 5.41) is 20.4. The monoisotopic (exact) mass is 364 g/mol. The molecule has 0 amide bonds. The van der Waals surface area contributed by atoms with E-state index in [-0.39, 0.29) is 5.41 Å². The maximum atomic E-state index is 10.5. The lowest BCUT2D eigenvalue weighted by Gasteiger charge is -2.23. The van der Waals surface area contributed by atoms with E-state index >= 15 is 0 Å². The van der Waals surface area contributed by atoms with Crippen LogP contribution in [0, 0.1) is 16.7 Å². The number of nitriles is 1. The summed E-state index contributed by atoms with van der Waals surface area (Å²) in [6.45, 7) is 4.77.